The molecule has 0 fully saturated rings. The molecule has 30 heavy (non-hydrogen) atoms. The summed E-state index contributed by atoms with van der Waals surface area (Å²) < 4.78 is 33.8. The molecule has 3 aromatic carbocycles. The first kappa shape index (κ1) is 21.8. The second kappa shape index (κ2) is 9.77. The van der Waals surface area contributed by atoms with Gasteiger partial charge < -0.3 is 10.1 Å². The number of anilines is 2. The molecule has 0 unspecified atom stereocenters. The molecule has 0 aromatic heterocycles. The molecule has 0 saturated heterocycles. The van der Waals surface area contributed by atoms with E-state index >= 15 is 0 Å². The number of ether oxygens (including phenoxy) is 1. The summed E-state index contributed by atoms with van der Waals surface area (Å²) in [6.45, 7) is 0. The Morgan fingerprint density at radius 3 is 2.23 bits per heavy atom. The van der Waals surface area contributed by atoms with Gasteiger partial charge >= 0.3 is 0 Å². The molecule has 8 heteroatoms. The summed E-state index contributed by atoms with van der Waals surface area (Å²) in [7, 11) is -2.15. The summed E-state index contributed by atoms with van der Waals surface area (Å²) in [4.78, 5) is 12.3. The van der Waals surface area contributed by atoms with Crippen molar-refractivity contribution in [2.45, 2.75) is 4.90 Å². The lowest BCUT2D eigenvalue weighted by atomic mass is 10.2. The lowest BCUT2D eigenvalue weighted by Crippen LogP contribution is -2.13. The predicted molar refractivity (Wildman–Crippen MR) is 127 cm³/mol. The molecular formula is C22H19IN2O4S. The number of methoxy groups -OCH3 is 1. The molecule has 0 spiro atoms. The van der Waals surface area contributed by atoms with Crippen LogP contribution in [0.5, 0.6) is 5.75 Å². The average molecular weight is 534 g/mol. The first-order chi connectivity index (χ1) is 14.4. The fraction of sp³-hybridized carbons (Fsp3) is 0.0455. The number of nitrogens with one attached hydrogen (secondary N) is 2. The average Bonchev–Trinajstić information content (AvgIpc) is 2.74. The summed E-state index contributed by atoms with van der Waals surface area (Å²) in [5.74, 6) is 0.324. The summed E-state index contributed by atoms with van der Waals surface area (Å²) in [6.07, 6.45) is 3.04. The van der Waals surface area contributed by atoms with Crippen LogP contribution in [0.2, 0.25) is 0 Å². The van der Waals surface area contributed by atoms with Crippen molar-refractivity contribution in [2.75, 3.05) is 17.1 Å². The molecule has 0 bridgehead atoms. The van der Waals surface area contributed by atoms with Crippen molar-refractivity contribution < 1.29 is 17.9 Å². The number of sulfonamides is 1. The van der Waals surface area contributed by atoms with E-state index in [2.05, 4.69) is 32.6 Å². The van der Waals surface area contributed by atoms with Gasteiger partial charge in [-0.05, 0) is 83.3 Å². The molecule has 0 aliphatic rings. The maximum Gasteiger partial charge on any atom is 0.261 e. The van der Waals surface area contributed by atoms with Gasteiger partial charge in [-0.3, -0.25) is 9.52 Å². The third-order valence-electron chi connectivity index (χ3n) is 4.08. The number of hydrogen-bond donors (Lipinski definition) is 2. The molecule has 3 aromatic rings. The molecule has 154 valence electrons. The van der Waals surface area contributed by atoms with Crippen LogP contribution in [0.15, 0.2) is 83.8 Å². The van der Waals surface area contributed by atoms with E-state index in [1.165, 1.54) is 30.3 Å². The molecule has 0 radical (unpaired) electrons. The number of carbonyl (C=O) groups is 1. The van der Waals surface area contributed by atoms with Crippen molar-refractivity contribution in [3.63, 3.8) is 0 Å². The van der Waals surface area contributed by atoms with Gasteiger partial charge in [0.15, 0.2) is 0 Å². The Labute approximate surface area is 189 Å². The van der Waals surface area contributed by atoms with Crippen molar-refractivity contribution >= 4 is 56.0 Å². The molecule has 0 heterocycles. The van der Waals surface area contributed by atoms with Gasteiger partial charge in [-0.15, -0.1) is 0 Å². The van der Waals surface area contributed by atoms with Crippen molar-refractivity contribution in [3.05, 3.63) is 88.0 Å². The zero-order chi connectivity index (χ0) is 21.6. The smallest absolute Gasteiger partial charge is 0.261 e. The van der Waals surface area contributed by atoms with Crippen LogP contribution >= 0.6 is 22.6 Å². The number of hydrogen-bond acceptors (Lipinski definition) is 4. The fourth-order valence-corrected chi connectivity index (χ4v) is 4.02. The number of amides is 1. The van der Waals surface area contributed by atoms with Gasteiger partial charge in [-0.1, -0.05) is 18.2 Å². The van der Waals surface area contributed by atoms with Gasteiger partial charge in [0.1, 0.15) is 5.75 Å². The first-order valence-corrected chi connectivity index (χ1v) is 11.4. The number of carbonyl (C=O) groups excluding carboxylic acids is 1. The van der Waals surface area contributed by atoms with Gasteiger partial charge in [-0.25, -0.2) is 8.42 Å². The van der Waals surface area contributed by atoms with Crippen molar-refractivity contribution in [1.29, 1.82) is 0 Å². The summed E-state index contributed by atoms with van der Waals surface area (Å²) in [5.41, 5.74) is 1.74. The highest BCUT2D eigenvalue weighted by Gasteiger charge is 2.14. The molecule has 0 saturated carbocycles. The Balaban J connectivity index is 1.65. The third kappa shape index (κ3) is 5.83. The first-order valence-electron chi connectivity index (χ1n) is 8.88. The number of para-hydroxylation sites is 1. The largest absolute Gasteiger partial charge is 0.496 e. The zero-order valence-corrected chi connectivity index (χ0v) is 19.0. The van der Waals surface area contributed by atoms with E-state index in [1.54, 1.807) is 31.4 Å². The van der Waals surface area contributed by atoms with E-state index < -0.39 is 10.0 Å². The normalized spacial score (nSPS) is 11.3. The van der Waals surface area contributed by atoms with Crippen LogP contribution < -0.4 is 14.8 Å². The minimum absolute atomic E-state index is 0.101. The second-order valence-corrected chi connectivity index (χ2v) is 9.13. The van der Waals surface area contributed by atoms with Crippen LogP contribution in [-0.2, 0) is 14.8 Å². The van der Waals surface area contributed by atoms with Crippen molar-refractivity contribution in [3.8, 4) is 5.75 Å². The second-order valence-electron chi connectivity index (χ2n) is 6.20. The molecule has 1 amide bonds. The molecule has 3 rings (SSSR count). The molecule has 0 atom stereocenters. The monoisotopic (exact) mass is 534 g/mol. The molecule has 0 aliphatic heterocycles. The molecule has 6 nitrogen and oxygen atoms in total. The van der Waals surface area contributed by atoms with Gasteiger partial charge in [0.2, 0.25) is 5.91 Å². The topological polar surface area (TPSA) is 84.5 Å². The fourth-order valence-electron chi connectivity index (χ4n) is 2.60. The third-order valence-corrected chi connectivity index (χ3v) is 6.20. The Bertz CT molecular complexity index is 1160. The number of rotatable bonds is 7. The standard InChI is InChI=1S/C22H19IN2O4S/c1-29-21-5-3-2-4-16(21)6-15-22(26)24-18-11-13-20(14-12-18)30(27,28)25-19-9-7-17(23)8-10-19/h2-15,25H,1H3,(H,24,26). The highest BCUT2D eigenvalue weighted by atomic mass is 127. The van der Waals surface area contributed by atoms with Gasteiger partial charge in [0.05, 0.1) is 12.0 Å². The highest BCUT2D eigenvalue weighted by molar-refractivity contribution is 14.1. The van der Waals surface area contributed by atoms with E-state index in [1.807, 2.05) is 30.3 Å². The number of halogens is 1. The van der Waals surface area contributed by atoms with Crippen LogP contribution in [0.3, 0.4) is 0 Å². The summed E-state index contributed by atoms with van der Waals surface area (Å²) in [6, 6.07) is 20.3. The Kier molecular flexibility index (Phi) is 7.11. The van der Waals surface area contributed by atoms with Gasteiger partial charge in [0.25, 0.3) is 10.0 Å². The van der Waals surface area contributed by atoms with Crippen molar-refractivity contribution in [1.82, 2.24) is 0 Å². The van der Waals surface area contributed by atoms with Crippen LogP contribution in [0.25, 0.3) is 6.08 Å². The Hall–Kier alpha value is -2.85. The minimum Gasteiger partial charge on any atom is -0.496 e. The summed E-state index contributed by atoms with van der Waals surface area (Å²) in [5, 5.41) is 2.70. The minimum atomic E-state index is -3.72. The molecule has 2 N–H and O–H groups in total. The maximum atomic E-state index is 12.5. The van der Waals surface area contributed by atoms with Gasteiger partial charge in [-0.2, -0.15) is 0 Å². The summed E-state index contributed by atoms with van der Waals surface area (Å²) >= 11 is 2.15. The predicted octanol–water partition coefficient (Wildman–Crippen LogP) is 4.75. The van der Waals surface area contributed by atoms with Crippen LogP contribution in [-0.4, -0.2) is 21.4 Å². The maximum absolute atomic E-state index is 12.5. The number of benzene rings is 3. The Morgan fingerprint density at radius 1 is 0.933 bits per heavy atom. The van der Waals surface area contributed by atoms with E-state index in [0.29, 0.717) is 17.1 Å². The molecular weight excluding hydrogens is 515 g/mol. The zero-order valence-electron chi connectivity index (χ0n) is 16.0. The van der Waals surface area contributed by atoms with Gasteiger partial charge in [0, 0.05) is 26.6 Å². The SMILES string of the molecule is COc1ccccc1C=CC(=O)Nc1ccc(S(=O)(=O)Nc2ccc(I)cc2)cc1. The quantitative estimate of drug-likeness (QED) is 0.339. The lowest BCUT2D eigenvalue weighted by molar-refractivity contribution is -0.111. The van der Waals surface area contributed by atoms with E-state index in [4.69, 9.17) is 4.74 Å². The highest BCUT2D eigenvalue weighted by Crippen LogP contribution is 2.20. The van der Waals surface area contributed by atoms with E-state index in [9.17, 15) is 13.2 Å². The lowest BCUT2D eigenvalue weighted by Gasteiger charge is -2.09. The Morgan fingerprint density at radius 2 is 1.57 bits per heavy atom. The van der Waals surface area contributed by atoms with E-state index in [0.717, 1.165) is 9.13 Å². The van der Waals surface area contributed by atoms with E-state index in [-0.39, 0.29) is 10.8 Å². The van der Waals surface area contributed by atoms with Crippen molar-refractivity contribution in [2.24, 2.45) is 0 Å². The van der Waals surface area contributed by atoms with Crippen LogP contribution in [0.1, 0.15) is 5.56 Å². The van der Waals surface area contributed by atoms with Crippen LogP contribution in [0, 0.1) is 3.57 Å². The van der Waals surface area contributed by atoms with Crippen LogP contribution in [0.4, 0.5) is 11.4 Å². The molecule has 0 aliphatic carbocycles.